The largest absolute Gasteiger partial charge is 0.445 e. The molecule has 1 N–H and O–H groups in total. The zero-order valence-corrected chi connectivity index (χ0v) is 18.8. The summed E-state index contributed by atoms with van der Waals surface area (Å²) in [5.41, 5.74) is 2.88. The Labute approximate surface area is 192 Å². The van der Waals surface area contributed by atoms with Gasteiger partial charge in [0.1, 0.15) is 37.4 Å². The van der Waals surface area contributed by atoms with Gasteiger partial charge in [-0.2, -0.15) is 0 Å². The maximum Gasteiger partial charge on any atom is 0.407 e. The van der Waals surface area contributed by atoms with E-state index in [1.165, 1.54) is 0 Å². The first-order chi connectivity index (χ1) is 16.0. The van der Waals surface area contributed by atoms with Crippen molar-refractivity contribution in [3.8, 4) is 5.82 Å². The average Bonchev–Trinajstić information content (AvgIpc) is 3.20. The van der Waals surface area contributed by atoms with Crippen LogP contribution in [-0.4, -0.2) is 69.1 Å². The molecule has 1 aliphatic rings. The van der Waals surface area contributed by atoms with Gasteiger partial charge in [-0.25, -0.2) is 19.7 Å². The molecule has 0 bridgehead atoms. The van der Waals surface area contributed by atoms with Gasteiger partial charge in [0, 0.05) is 37.9 Å². The predicted octanol–water partition coefficient (Wildman–Crippen LogP) is 1.85. The summed E-state index contributed by atoms with van der Waals surface area (Å²) in [5.74, 6) is 1.43. The van der Waals surface area contributed by atoms with Crippen molar-refractivity contribution in [3.63, 3.8) is 0 Å². The van der Waals surface area contributed by atoms with Gasteiger partial charge in [-0.15, -0.1) is 0 Å². The first-order valence-electron chi connectivity index (χ1n) is 10.8. The fourth-order valence-corrected chi connectivity index (χ4v) is 3.59. The van der Waals surface area contributed by atoms with Gasteiger partial charge in [-0.1, -0.05) is 30.3 Å². The molecule has 4 rings (SSSR count). The summed E-state index contributed by atoms with van der Waals surface area (Å²) in [6, 6.07) is 11.3. The van der Waals surface area contributed by atoms with Crippen molar-refractivity contribution in [2.45, 2.75) is 20.5 Å². The molecule has 0 radical (unpaired) electrons. The Morgan fingerprint density at radius 3 is 2.42 bits per heavy atom. The lowest BCUT2D eigenvalue weighted by Gasteiger charge is -2.35. The maximum atomic E-state index is 12.5. The van der Waals surface area contributed by atoms with E-state index in [0.717, 1.165) is 28.6 Å². The number of piperazine rings is 1. The minimum atomic E-state index is -0.607. The number of amides is 2. The van der Waals surface area contributed by atoms with Crippen LogP contribution in [0.3, 0.4) is 0 Å². The highest BCUT2D eigenvalue weighted by Gasteiger charge is 2.23. The molecule has 10 heteroatoms. The molecule has 1 fully saturated rings. The number of hydrogen-bond donors (Lipinski definition) is 1. The highest BCUT2D eigenvalue weighted by Crippen LogP contribution is 2.18. The second-order valence-electron chi connectivity index (χ2n) is 7.80. The molecule has 10 nitrogen and oxygen atoms in total. The molecule has 1 aromatic carbocycles. The lowest BCUT2D eigenvalue weighted by atomic mass is 10.2. The monoisotopic (exact) mass is 449 g/mol. The van der Waals surface area contributed by atoms with E-state index in [4.69, 9.17) is 4.74 Å². The number of aryl methyl sites for hydroxylation is 1. The fraction of sp³-hybridized carbons (Fsp3) is 0.348. The number of rotatable bonds is 6. The van der Waals surface area contributed by atoms with Crippen molar-refractivity contribution in [1.29, 1.82) is 0 Å². The van der Waals surface area contributed by atoms with Gasteiger partial charge < -0.3 is 19.9 Å². The van der Waals surface area contributed by atoms with Crippen LogP contribution in [0.15, 0.2) is 49.1 Å². The molecular weight excluding hydrogens is 422 g/mol. The molecular formula is C23H27N7O3. The third-order valence-electron chi connectivity index (χ3n) is 5.69. The Hall–Kier alpha value is -3.95. The molecule has 0 atom stereocenters. The molecule has 2 amide bonds. The molecule has 3 heterocycles. The minimum Gasteiger partial charge on any atom is -0.445 e. The molecule has 0 spiro atoms. The Morgan fingerprint density at radius 2 is 1.73 bits per heavy atom. The number of anilines is 1. The van der Waals surface area contributed by atoms with Crippen LogP contribution in [0.25, 0.3) is 5.82 Å². The Morgan fingerprint density at radius 1 is 1.00 bits per heavy atom. The van der Waals surface area contributed by atoms with Gasteiger partial charge in [0.2, 0.25) is 5.91 Å². The summed E-state index contributed by atoms with van der Waals surface area (Å²) < 4.78 is 7.08. The summed E-state index contributed by atoms with van der Waals surface area (Å²) in [4.78, 5) is 41.3. The maximum absolute atomic E-state index is 12.5. The van der Waals surface area contributed by atoms with Crippen molar-refractivity contribution in [2.24, 2.45) is 0 Å². The van der Waals surface area contributed by atoms with Crippen LogP contribution in [0.4, 0.5) is 10.6 Å². The lowest BCUT2D eigenvalue weighted by molar-refractivity contribution is -0.130. The van der Waals surface area contributed by atoms with E-state index >= 15 is 0 Å². The third-order valence-corrected chi connectivity index (χ3v) is 5.69. The molecule has 3 aromatic rings. The Bertz CT molecular complexity index is 1110. The highest BCUT2D eigenvalue weighted by molar-refractivity contribution is 5.82. The van der Waals surface area contributed by atoms with Gasteiger partial charge in [-0.3, -0.25) is 9.36 Å². The zero-order valence-electron chi connectivity index (χ0n) is 18.8. The van der Waals surface area contributed by atoms with E-state index in [-0.39, 0.29) is 19.1 Å². The van der Waals surface area contributed by atoms with E-state index in [2.05, 4.69) is 25.2 Å². The SMILES string of the molecule is Cc1ncn(-c2cc(N3CCN(C(=O)CNC(=O)OCc4ccccc4)CC3)ncn2)c1C. The van der Waals surface area contributed by atoms with Crippen LogP contribution in [-0.2, 0) is 16.1 Å². The van der Waals surface area contributed by atoms with Crippen LogP contribution >= 0.6 is 0 Å². The van der Waals surface area contributed by atoms with E-state index in [9.17, 15) is 9.59 Å². The average molecular weight is 450 g/mol. The normalized spacial score (nSPS) is 13.6. The molecule has 1 aliphatic heterocycles. The number of nitrogens with one attached hydrogen (secondary N) is 1. The summed E-state index contributed by atoms with van der Waals surface area (Å²) in [7, 11) is 0. The molecule has 0 aliphatic carbocycles. The number of carbonyl (C=O) groups is 2. The van der Waals surface area contributed by atoms with Gasteiger partial charge in [0.25, 0.3) is 0 Å². The number of ether oxygens (including phenoxy) is 1. The zero-order chi connectivity index (χ0) is 23.2. The Balaban J connectivity index is 1.25. The van der Waals surface area contributed by atoms with E-state index in [1.807, 2.05) is 54.8 Å². The second kappa shape index (κ2) is 10.1. The number of imidazole rings is 1. The molecule has 1 saturated heterocycles. The standard InChI is InChI=1S/C23H27N7O3/c1-17-18(2)30(16-27-17)21-12-20(25-15-26-21)28-8-10-29(11-9-28)22(31)13-24-23(32)33-14-19-6-4-3-5-7-19/h3-7,12,15-16H,8-11,13-14H2,1-2H3,(H,24,32). The topological polar surface area (TPSA) is 105 Å². The molecule has 0 saturated carbocycles. The van der Waals surface area contributed by atoms with Gasteiger partial charge in [-0.05, 0) is 19.4 Å². The number of hydrogen-bond acceptors (Lipinski definition) is 7. The van der Waals surface area contributed by atoms with E-state index in [1.54, 1.807) is 17.6 Å². The number of nitrogens with zero attached hydrogens (tertiary/aromatic N) is 6. The van der Waals surface area contributed by atoms with Gasteiger partial charge in [0.15, 0.2) is 0 Å². The summed E-state index contributed by atoms with van der Waals surface area (Å²) in [5, 5.41) is 2.53. The second-order valence-corrected chi connectivity index (χ2v) is 7.80. The van der Waals surface area contributed by atoms with E-state index in [0.29, 0.717) is 26.2 Å². The van der Waals surface area contributed by atoms with Crippen LogP contribution in [0.2, 0.25) is 0 Å². The smallest absolute Gasteiger partial charge is 0.407 e. The first kappa shape index (κ1) is 22.3. The van der Waals surface area contributed by atoms with Crippen LogP contribution in [0.1, 0.15) is 17.0 Å². The van der Waals surface area contributed by atoms with Crippen molar-refractivity contribution < 1.29 is 14.3 Å². The highest BCUT2D eigenvalue weighted by atomic mass is 16.5. The summed E-state index contributed by atoms with van der Waals surface area (Å²) >= 11 is 0. The van der Waals surface area contributed by atoms with Gasteiger partial charge in [0.05, 0.1) is 5.69 Å². The quantitative estimate of drug-likeness (QED) is 0.612. The van der Waals surface area contributed by atoms with Gasteiger partial charge >= 0.3 is 6.09 Å². The predicted molar refractivity (Wildman–Crippen MR) is 122 cm³/mol. The minimum absolute atomic E-state index is 0.0927. The number of carbonyl (C=O) groups excluding carboxylic acids is 2. The van der Waals surface area contributed by atoms with Crippen molar-refractivity contribution in [1.82, 2.24) is 29.7 Å². The van der Waals surface area contributed by atoms with Crippen LogP contribution in [0.5, 0.6) is 0 Å². The lowest BCUT2D eigenvalue weighted by Crippen LogP contribution is -2.51. The van der Waals surface area contributed by atoms with Crippen LogP contribution < -0.4 is 10.2 Å². The summed E-state index contributed by atoms with van der Waals surface area (Å²) in [6.45, 7) is 6.40. The molecule has 172 valence electrons. The number of alkyl carbamates (subject to hydrolysis) is 1. The molecule has 0 unspecified atom stereocenters. The van der Waals surface area contributed by atoms with E-state index < -0.39 is 6.09 Å². The number of aromatic nitrogens is 4. The van der Waals surface area contributed by atoms with Crippen molar-refractivity contribution >= 4 is 17.8 Å². The fourth-order valence-electron chi connectivity index (χ4n) is 3.59. The van der Waals surface area contributed by atoms with Crippen molar-refractivity contribution in [2.75, 3.05) is 37.6 Å². The molecule has 33 heavy (non-hydrogen) atoms. The Kier molecular flexibility index (Phi) is 6.82. The van der Waals surface area contributed by atoms with Crippen molar-refractivity contribution in [3.05, 3.63) is 66.0 Å². The molecule has 2 aromatic heterocycles. The first-order valence-corrected chi connectivity index (χ1v) is 10.8. The third kappa shape index (κ3) is 5.46. The summed E-state index contributed by atoms with van der Waals surface area (Å²) in [6.07, 6.45) is 2.69. The number of benzene rings is 1. The van der Waals surface area contributed by atoms with Crippen LogP contribution in [0, 0.1) is 13.8 Å².